The molecule has 0 saturated carbocycles. The largest absolute Gasteiger partial charge is 0.497 e. The Morgan fingerprint density at radius 1 is 0.966 bits per heavy atom. The Bertz CT molecular complexity index is 1150. The highest BCUT2D eigenvalue weighted by molar-refractivity contribution is 7.92. The zero-order chi connectivity index (χ0) is 21.0. The van der Waals surface area contributed by atoms with Gasteiger partial charge in [0.05, 0.1) is 18.4 Å². The quantitative estimate of drug-likeness (QED) is 0.633. The first-order valence-electron chi connectivity index (χ1n) is 8.32. The molecule has 0 unspecified atom stereocenters. The van der Waals surface area contributed by atoms with E-state index < -0.39 is 32.5 Å². The van der Waals surface area contributed by atoms with Gasteiger partial charge in [0.1, 0.15) is 22.3 Å². The number of halogens is 2. The fourth-order valence-electron chi connectivity index (χ4n) is 2.53. The lowest BCUT2D eigenvalue weighted by Crippen LogP contribution is -2.19. The van der Waals surface area contributed by atoms with Crippen molar-refractivity contribution in [3.05, 3.63) is 83.9 Å². The zero-order valence-corrected chi connectivity index (χ0v) is 16.0. The molecule has 0 atom stereocenters. The van der Waals surface area contributed by atoms with E-state index in [4.69, 9.17) is 4.74 Å². The Labute approximate surface area is 166 Å². The maximum absolute atomic E-state index is 13.9. The van der Waals surface area contributed by atoms with Crippen LogP contribution in [0.25, 0.3) is 0 Å². The second kappa shape index (κ2) is 8.27. The molecule has 0 aliphatic rings. The lowest BCUT2D eigenvalue weighted by Gasteiger charge is -2.13. The van der Waals surface area contributed by atoms with E-state index in [0.717, 1.165) is 6.07 Å². The van der Waals surface area contributed by atoms with Gasteiger partial charge in [-0.1, -0.05) is 12.1 Å². The Balaban J connectivity index is 1.88. The zero-order valence-electron chi connectivity index (χ0n) is 15.1. The summed E-state index contributed by atoms with van der Waals surface area (Å²) >= 11 is 0. The second-order valence-corrected chi connectivity index (χ2v) is 7.56. The SMILES string of the molecule is COc1ccc(NC(=O)c2ccccc2NS(=O)(=O)c2cc(F)ccc2F)cc1. The maximum Gasteiger partial charge on any atom is 0.264 e. The third kappa shape index (κ3) is 4.69. The molecular weight excluding hydrogens is 402 g/mol. The molecule has 0 heterocycles. The van der Waals surface area contributed by atoms with E-state index in [1.165, 1.54) is 25.3 Å². The summed E-state index contributed by atoms with van der Waals surface area (Å²) in [7, 11) is -2.95. The van der Waals surface area contributed by atoms with Crippen molar-refractivity contribution in [1.82, 2.24) is 0 Å². The molecule has 0 aliphatic heterocycles. The van der Waals surface area contributed by atoms with E-state index in [-0.39, 0.29) is 11.3 Å². The summed E-state index contributed by atoms with van der Waals surface area (Å²) in [5.74, 6) is -2.00. The van der Waals surface area contributed by atoms with Crippen molar-refractivity contribution >= 4 is 27.3 Å². The minimum Gasteiger partial charge on any atom is -0.497 e. The van der Waals surface area contributed by atoms with E-state index in [2.05, 4.69) is 10.0 Å². The third-order valence-corrected chi connectivity index (χ3v) is 5.33. The van der Waals surface area contributed by atoms with Gasteiger partial charge in [0, 0.05) is 5.69 Å². The van der Waals surface area contributed by atoms with Crippen molar-refractivity contribution in [2.75, 3.05) is 17.1 Å². The van der Waals surface area contributed by atoms with Crippen LogP contribution < -0.4 is 14.8 Å². The van der Waals surface area contributed by atoms with E-state index in [0.29, 0.717) is 23.6 Å². The lowest BCUT2D eigenvalue weighted by molar-refractivity contribution is 0.102. The first kappa shape index (κ1) is 20.3. The predicted octanol–water partition coefficient (Wildman–Crippen LogP) is 4.03. The van der Waals surface area contributed by atoms with E-state index in [1.807, 2.05) is 0 Å². The smallest absolute Gasteiger partial charge is 0.264 e. The van der Waals surface area contributed by atoms with E-state index in [9.17, 15) is 22.0 Å². The monoisotopic (exact) mass is 418 g/mol. The molecule has 0 bridgehead atoms. The average molecular weight is 418 g/mol. The number of amides is 1. The maximum atomic E-state index is 13.9. The molecule has 3 aromatic rings. The lowest BCUT2D eigenvalue weighted by atomic mass is 10.1. The van der Waals surface area contributed by atoms with Gasteiger partial charge in [-0.05, 0) is 54.6 Å². The van der Waals surface area contributed by atoms with Crippen molar-refractivity contribution in [2.24, 2.45) is 0 Å². The normalized spacial score (nSPS) is 11.0. The van der Waals surface area contributed by atoms with Crippen LogP contribution in [0.1, 0.15) is 10.4 Å². The number of para-hydroxylation sites is 1. The standard InChI is InChI=1S/C20H16F2N2O4S/c1-28-15-9-7-14(8-10-15)23-20(25)16-4-2-3-5-18(16)24-29(26,27)19-12-13(21)6-11-17(19)22/h2-12,24H,1H3,(H,23,25). The van der Waals surface area contributed by atoms with Crippen molar-refractivity contribution in [2.45, 2.75) is 4.90 Å². The van der Waals surface area contributed by atoms with Crippen LogP contribution in [0, 0.1) is 11.6 Å². The Morgan fingerprint density at radius 2 is 1.66 bits per heavy atom. The molecule has 0 aliphatic carbocycles. The fourth-order valence-corrected chi connectivity index (χ4v) is 3.70. The average Bonchev–Trinajstić information content (AvgIpc) is 2.70. The number of ether oxygens (including phenoxy) is 1. The second-order valence-electron chi connectivity index (χ2n) is 5.91. The molecule has 0 spiro atoms. The molecule has 3 aromatic carbocycles. The van der Waals surface area contributed by atoms with Crippen molar-refractivity contribution in [3.63, 3.8) is 0 Å². The number of nitrogens with one attached hydrogen (secondary N) is 2. The first-order chi connectivity index (χ1) is 13.8. The molecule has 9 heteroatoms. The van der Waals surface area contributed by atoms with Gasteiger partial charge < -0.3 is 10.1 Å². The number of hydrogen-bond donors (Lipinski definition) is 2. The number of carbonyl (C=O) groups excluding carboxylic acids is 1. The number of methoxy groups -OCH3 is 1. The summed E-state index contributed by atoms with van der Waals surface area (Å²) in [6, 6.07) is 14.4. The summed E-state index contributed by atoms with van der Waals surface area (Å²) in [6.07, 6.45) is 0. The highest BCUT2D eigenvalue weighted by atomic mass is 32.2. The van der Waals surface area contributed by atoms with E-state index >= 15 is 0 Å². The van der Waals surface area contributed by atoms with E-state index in [1.54, 1.807) is 30.3 Å². The van der Waals surface area contributed by atoms with Gasteiger partial charge in [0.15, 0.2) is 0 Å². The van der Waals surface area contributed by atoms with Crippen LogP contribution in [0.2, 0.25) is 0 Å². The fraction of sp³-hybridized carbons (Fsp3) is 0.0500. The van der Waals surface area contributed by atoms with Crippen LogP contribution in [0.15, 0.2) is 71.6 Å². The van der Waals surface area contributed by atoms with Gasteiger partial charge in [0.2, 0.25) is 0 Å². The summed E-state index contributed by atoms with van der Waals surface area (Å²) in [4.78, 5) is 11.8. The number of benzene rings is 3. The minimum absolute atomic E-state index is 0.00343. The molecule has 3 rings (SSSR count). The summed E-state index contributed by atoms with van der Waals surface area (Å²) < 4.78 is 59.5. The van der Waals surface area contributed by atoms with Gasteiger partial charge in [-0.3, -0.25) is 9.52 Å². The van der Waals surface area contributed by atoms with Gasteiger partial charge in [-0.15, -0.1) is 0 Å². The molecular formula is C20H16F2N2O4S. The molecule has 0 saturated heterocycles. The molecule has 6 nitrogen and oxygen atoms in total. The summed E-state index contributed by atoms with van der Waals surface area (Å²) in [5, 5.41) is 2.63. The Morgan fingerprint density at radius 3 is 2.34 bits per heavy atom. The number of anilines is 2. The minimum atomic E-state index is -4.47. The predicted molar refractivity (Wildman–Crippen MR) is 105 cm³/mol. The third-order valence-electron chi connectivity index (χ3n) is 3.95. The first-order valence-corrected chi connectivity index (χ1v) is 9.81. The van der Waals surface area contributed by atoms with Gasteiger partial charge in [0.25, 0.3) is 15.9 Å². The topological polar surface area (TPSA) is 84.5 Å². The van der Waals surface area contributed by atoms with Crippen LogP contribution in [0.5, 0.6) is 5.75 Å². The molecule has 0 aromatic heterocycles. The molecule has 150 valence electrons. The van der Waals surface area contributed by atoms with Gasteiger partial charge in [-0.25, -0.2) is 17.2 Å². The Kier molecular flexibility index (Phi) is 5.79. The molecule has 29 heavy (non-hydrogen) atoms. The van der Waals surface area contributed by atoms with Gasteiger partial charge in [-0.2, -0.15) is 0 Å². The molecule has 0 radical (unpaired) electrons. The highest BCUT2D eigenvalue weighted by Gasteiger charge is 2.22. The number of hydrogen-bond acceptors (Lipinski definition) is 4. The number of carbonyl (C=O) groups is 1. The number of sulfonamides is 1. The van der Waals surface area contributed by atoms with Crippen molar-refractivity contribution < 1.29 is 26.7 Å². The van der Waals surface area contributed by atoms with Crippen LogP contribution >= 0.6 is 0 Å². The number of rotatable bonds is 6. The van der Waals surface area contributed by atoms with Gasteiger partial charge >= 0.3 is 0 Å². The highest BCUT2D eigenvalue weighted by Crippen LogP contribution is 2.24. The summed E-state index contributed by atoms with van der Waals surface area (Å²) in [6.45, 7) is 0. The summed E-state index contributed by atoms with van der Waals surface area (Å²) in [5.41, 5.74) is 0.385. The molecule has 1 amide bonds. The van der Waals surface area contributed by atoms with Crippen LogP contribution in [0.4, 0.5) is 20.2 Å². The Hall–Kier alpha value is -3.46. The van der Waals surface area contributed by atoms with Crippen molar-refractivity contribution in [3.8, 4) is 5.75 Å². The van der Waals surface area contributed by atoms with Crippen LogP contribution in [0.3, 0.4) is 0 Å². The molecule has 2 N–H and O–H groups in total. The van der Waals surface area contributed by atoms with Crippen molar-refractivity contribution in [1.29, 1.82) is 0 Å². The molecule has 0 fully saturated rings. The van der Waals surface area contributed by atoms with Crippen LogP contribution in [-0.2, 0) is 10.0 Å². The van der Waals surface area contributed by atoms with Crippen LogP contribution in [-0.4, -0.2) is 21.4 Å².